The number of hydrogen-bond acceptors (Lipinski definition) is 5. The molecule has 0 fully saturated rings. The maximum absolute atomic E-state index is 12.3. The van der Waals surface area contributed by atoms with Crippen LogP contribution in [0.5, 0.6) is 11.6 Å². The first-order valence-electron chi connectivity index (χ1n) is 9.50. The molecule has 4 rings (SSSR count). The maximum Gasteiger partial charge on any atom is 0.224 e. The van der Waals surface area contributed by atoms with Crippen LogP contribution in [0.3, 0.4) is 0 Å². The van der Waals surface area contributed by atoms with Gasteiger partial charge in [0, 0.05) is 42.9 Å². The maximum atomic E-state index is 12.3. The smallest absolute Gasteiger partial charge is 0.224 e. The summed E-state index contributed by atoms with van der Waals surface area (Å²) in [5.41, 5.74) is 8.42. The number of nitrogens with zero attached hydrogens (tertiary/aromatic N) is 3. The second-order valence-electron chi connectivity index (χ2n) is 8.05. The van der Waals surface area contributed by atoms with Crippen molar-refractivity contribution in [2.24, 2.45) is 11.1 Å². The predicted octanol–water partition coefficient (Wildman–Crippen LogP) is 3.96. The van der Waals surface area contributed by atoms with Gasteiger partial charge in [-0.2, -0.15) is 0 Å². The molecule has 0 aliphatic carbocycles. The van der Waals surface area contributed by atoms with E-state index in [0.717, 1.165) is 28.2 Å². The number of carbonyl (C=O) groups excluding carboxylic acids is 1. The fraction of sp³-hybridized carbons (Fsp3) is 0.261. The number of para-hydroxylation sites is 1. The topological polar surface area (TPSA) is 81.3 Å². The van der Waals surface area contributed by atoms with E-state index in [9.17, 15) is 4.79 Å². The number of primary amides is 1. The number of pyridine rings is 2. The van der Waals surface area contributed by atoms with Crippen LogP contribution in [0, 0.1) is 5.41 Å². The highest BCUT2D eigenvalue weighted by Crippen LogP contribution is 2.51. The Balaban J connectivity index is 1.81. The van der Waals surface area contributed by atoms with Crippen molar-refractivity contribution in [1.29, 1.82) is 0 Å². The molecule has 1 amide bonds. The van der Waals surface area contributed by atoms with Crippen molar-refractivity contribution in [1.82, 2.24) is 9.97 Å². The molecule has 29 heavy (non-hydrogen) atoms. The fourth-order valence-electron chi connectivity index (χ4n) is 3.72. The zero-order valence-corrected chi connectivity index (χ0v) is 17.0. The van der Waals surface area contributed by atoms with Crippen LogP contribution in [0.25, 0.3) is 11.3 Å². The minimum Gasteiger partial charge on any atom is -0.438 e. The molecule has 0 saturated carbocycles. The Kier molecular flexibility index (Phi) is 4.49. The molecule has 1 aliphatic heterocycles. The van der Waals surface area contributed by atoms with Crippen molar-refractivity contribution >= 4 is 11.7 Å². The molecule has 0 radical (unpaired) electrons. The van der Waals surface area contributed by atoms with Gasteiger partial charge in [0.2, 0.25) is 11.8 Å². The summed E-state index contributed by atoms with van der Waals surface area (Å²) in [5, 5.41) is 0. The molecule has 0 spiro atoms. The van der Waals surface area contributed by atoms with E-state index in [0.29, 0.717) is 11.6 Å². The van der Waals surface area contributed by atoms with E-state index in [1.807, 2.05) is 81.4 Å². The number of carbonyl (C=O) groups is 1. The van der Waals surface area contributed by atoms with Crippen LogP contribution in [0.4, 0.5) is 5.82 Å². The van der Waals surface area contributed by atoms with Crippen LogP contribution in [-0.2, 0) is 4.79 Å². The van der Waals surface area contributed by atoms with Gasteiger partial charge in [0.15, 0.2) is 0 Å². The summed E-state index contributed by atoms with van der Waals surface area (Å²) >= 11 is 0. The standard InChI is InChI=1S/C23H24N4O2/c1-23(2,22(24)28)20-15-7-5-6-8-18(15)29-21-16(20)10-11-17(26-21)14-9-12-19(25-13-14)27(3)4/h5-13,20H,1-4H3,(H2,24,28). The Morgan fingerprint density at radius 3 is 2.48 bits per heavy atom. The van der Waals surface area contributed by atoms with Gasteiger partial charge in [0.1, 0.15) is 11.6 Å². The third kappa shape index (κ3) is 3.20. The van der Waals surface area contributed by atoms with Crippen LogP contribution in [-0.4, -0.2) is 30.0 Å². The van der Waals surface area contributed by atoms with Crippen molar-refractivity contribution in [2.75, 3.05) is 19.0 Å². The molecule has 1 atom stereocenters. The molecule has 2 aromatic heterocycles. The van der Waals surface area contributed by atoms with E-state index in [1.54, 1.807) is 6.20 Å². The fourth-order valence-corrected chi connectivity index (χ4v) is 3.72. The highest BCUT2D eigenvalue weighted by Gasteiger charge is 2.42. The molecular formula is C23H24N4O2. The number of benzene rings is 1. The minimum atomic E-state index is -0.799. The van der Waals surface area contributed by atoms with E-state index < -0.39 is 5.41 Å². The number of aromatic nitrogens is 2. The normalized spacial score (nSPS) is 15.1. The quantitative estimate of drug-likeness (QED) is 0.732. The first-order chi connectivity index (χ1) is 13.8. The Hall–Kier alpha value is -3.41. The lowest BCUT2D eigenvalue weighted by molar-refractivity contribution is -0.126. The Morgan fingerprint density at radius 1 is 1.07 bits per heavy atom. The van der Waals surface area contributed by atoms with Crippen molar-refractivity contribution in [2.45, 2.75) is 19.8 Å². The van der Waals surface area contributed by atoms with Crippen molar-refractivity contribution in [3.05, 3.63) is 65.9 Å². The van der Waals surface area contributed by atoms with Crippen molar-refractivity contribution in [3.63, 3.8) is 0 Å². The van der Waals surface area contributed by atoms with Gasteiger partial charge in [-0.25, -0.2) is 9.97 Å². The first-order valence-corrected chi connectivity index (χ1v) is 9.50. The zero-order valence-electron chi connectivity index (χ0n) is 17.0. The number of nitrogens with two attached hydrogens (primary N) is 1. The molecule has 1 unspecified atom stereocenters. The number of anilines is 1. The number of hydrogen-bond donors (Lipinski definition) is 1. The van der Waals surface area contributed by atoms with Gasteiger partial charge < -0.3 is 15.4 Å². The van der Waals surface area contributed by atoms with E-state index in [1.165, 1.54) is 0 Å². The van der Waals surface area contributed by atoms with Crippen LogP contribution in [0.15, 0.2) is 54.7 Å². The molecule has 1 aliphatic rings. The molecule has 148 valence electrons. The summed E-state index contributed by atoms with van der Waals surface area (Å²) < 4.78 is 6.11. The molecule has 3 aromatic rings. The summed E-state index contributed by atoms with van der Waals surface area (Å²) in [4.78, 5) is 23.4. The summed E-state index contributed by atoms with van der Waals surface area (Å²) in [5.74, 6) is 1.47. The molecule has 6 nitrogen and oxygen atoms in total. The van der Waals surface area contributed by atoms with E-state index >= 15 is 0 Å². The third-order valence-electron chi connectivity index (χ3n) is 5.50. The average molecular weight is 388 g/mol. The van der Waals surface area contributed by atoms with E-state index in [2.05, 4.69) is 4.98 Å². The predicted molar refractivity (Wildman–Crippen MR) is 113 cm³/mol. The second kappa shape index (κ2) is 6.88. The molecule has 6 heteroatoms. The zero-order chi connectivity index (χ0) is 20.8. The Morgan fingerprint density at radius 2 is 1.83 bits per heavy atom. The van der Waals surface area contributed by atoms with Crippen molar-refractivity contribution in [3.8, 4) is 22.9 Å². The molecule has 1 aromatic carbocycles. The second-order valence-corrected chi connectivity index (χ2v) is 8.05. The van der Waals surface area contributed by atoms with Gasteiger partial charge in [-0.15, -0.1) is 0 Å². The van der Waals surface area contributed by atoms with Crippen LogP contribution >= 0.6 is 0 Å². The minimum absolute atomic E-state index is 0.240. The summed E-state index contributed by atoms with van der Waals surface area (Å²) in [6.07, 6.45) is 1.80. The first kappa shape index (κ1) is 18.9. The van der Waals surface area contributed by atoms with E-state index in [4.69, 9.17) is 15.5 Å². The Labute approximate surface area is 170 Å². The van der Waals surface area contributed by atoms with Crippen LogP contribution in [0.2, 0.25) is 0 Å². The molecule has 0 saturated heterocycles. The summed E-state index contributed by atoms with van der Waals surface area (Å²) in [6, 6.07) is 15.6. The van der Waals surface area contributed by atoms with Gasteiger partial charge in [0.05, 0.1) is 11.1 Å². The highest BCUT2D eigenvalue weighted by molar-refractivity contribution is 5.83. The molecule has 3 heterocycles. The van der Waals surface area contributed by atoms with Gasteiger partial charge in [-0.05, 0) is 24.3 Å². The van der Waals surface area contributed by atoms with Gasteiger partial charge in [-0.1, -0.05) is 38.1 Å². The SMILES string of the molecule is CN(C)c1ccc(-c2ccc3c(n2)Oc2ccccc2C3C(C)(C)C(N)=O)cn1. The van der Waals surface area contributed by atoms with Gasteiger partial charge >= 0.3 is 0 Å². The highest BCUT2D eigenvalue weighted by atomic mass is 16.5. The molecular weight excluding hydrogens is 364 g/mol. The number of amides is 1. The Bertz CT molecular complexity index is 1070. The lowest BCUT2D eigenvalue weighted by atomic mass is 9.70. The lowest BCUT2D eigenvalue weighted by Crippen LogP contribution is -2.38. The number of fused-ring (bicyclic) bond motifs is 2. The molecule has 0 bridgehead atoms. The van der Waals surface area contributed by atoms with Crippen LogP contribution in [0.1, 0.15) is 30.9 Å². The monoisotopic (exact) mass is 388 g/mol. The summed E-state index contributed by atoms with van der Waals surface area (Å²) in [6.45, 7) is 3.73. The third-order valence-corrected chi connectivity index (χ3v) is 5.50. The van der Waals surface area contributed by atoms with Crippen LogP contribution < -0.4 is 15.4 Å². The lowest BCUT2D eigenvalue weighted by Gasteiger charge is -2.36. The van der Waals surface area contributed by atoms with Gasteiger partial charge in [0.25, 0.3) is 0 Å². The van der Waals surface area contributed by atoms with Crippen molar-refractivity contribution < 1.29 is 9.53 Å². The largest absolute Gasteiger partial charge is 0.438 e. The number of ether oxygens (including phenoxy) is 1. The summed E-state index contributed by atoms with van der Waals surface area (Å²) in [7, 11) is 3.90. The van der Waals surface area contributed by atoms with Gasteiger partial charge in [-0.3, -0.25) is 4.79 Å². The number of rotatable bonds is 4. The average Bonchev–Trinajstić information content (AvgIpc) is 2.71. The van der Waals surface area contributed by atoms with E-state index in [-0.39, 0.29) is 11.8 Å². The molecule has 2 N–H and O–H groups in total.